The van der Waals surface area contributed by atoms with Gasteiger partial charge in [0.25, 0.3) is 5.91 Å². The van der Waals surface area contributed by atoms with Gasteiger partial charge in [-0.15, -0.1) is 0 Å². The summed E-state index contributed by atoms with van der Waals surface area (Å²) in [6.07, 6.45) is 2.18. The van der Waals surface area contributed by atoms with E-state index >= 15 is 4.39 Å². The number of carboxylic acids is 1. The molecule has 0 bridgehead atoms. The Kier molecular flexibility index (Phi) is 8.97. The molecule has 6 nitrogen and oxygen atoms in total. The highest BCUT2D eigenvalue weighted by molar-refractivity contribution is 7.80. The molecular weight excluding hydrogens is 501 g/mol. The minimum Gasteiger partial charge on any atom is -0.478 e. The van der Waals surface area contributed by atoms with Crippen LogP contribution in [0.1, 0.15) is 51.0 Å². The first-order valence-electron chi connectivity index (χ1n) is 12.5. The number of halogens is 1. The maximum Gasteiger partial charge on any atom is 0.336 e. The summed E-state index contributed by atoms with van der Waals surface area (Å²) in [6.45, 7) is 2.18. The number of aromatic carboxylic acids is 1. The number of rotatable bonds is 11. The van der Waals surface area contributed by atoms with Gasteiger partial charge in [0.15, 0.2) is 0 Å². The van der Waals surface area contributed by atoms with Crippen molar-refractivity contribution in [3.63, 3.8) is 0 Å². The largest absolute Gasteiger partial charge is 0.478 e. The van der Waals surface area contributed by atoms with Crippen LogP contribution in [-0.2, 0) is 19.4 Å². The molecule has 0 saturated heterocycles. The number of hydrogen-bond donors (Lipinski definition) is 3. The first-order chi connectivity index (χ1) is 18.4. The third-order valence-corrected chi connectivity index (χ3v) is 6.77. The molecule has 1 aromatic heterocycles. The summed E-state index contributed by atoms with van der Waals surface area (Å²) >= 11 is 4.41. The molecule has 3 aromatic carbocycles. The molecule has 38 heavy (non-hydrogen) atoms. The highest BCUT2D eigenvalue weighted by Crippen LogP contribution is 2.26. The van der Waals surface area contributed by atoms with Crippen LogP contribution < -0.4 is 5.32 Å². The fourth-order valence-corrected chi connectivity index (χ4v) is 4.63. The molecule has 1 amide bonds. The number of carbonyl (C=O) groups excluding carboxylic acids is 1. The molecule has 8 heteroatoms. The van der Waals surface area contributed by atoms with Gasteiger partial charge in [0.05, 0.1) is 12.1 Å². The van der Waals surface area contributed by atoms with E-state index in [0.717, 1.165) is 17.7 Å². The molecule has 1 atom stereocenters. The lowest BCUT2D eigenvalue weighted by atomic mass is 9.98. The van der Waals surface area contributed by atoms with Crippen LogP contribution in [0.15, 0.2) is 78.9 Å². The van der Waals surface area contributed by atoms with Gasteiger partial charge in [-0.3, -0.25) is 9.48 Å². The van der Waals surface area contributed by atoms with Gasteiger partial charge in [-0.25, -0.2) is 9.18 Å². The molecule has 0 radical (unpaired) electrons. The normalized spacial score (nSPS) is 11.8. The second-order valence-electron chi connectivity index (χ2n) is 9.13. The fraction of sp³-hybridized carbons (Fsp3) is 0.233. The van der Waals surface area contributed by atoms with E-state index in [4.69, 9.17) is 0 Å². The maximum absolute atomic E-state index is 15.2. The van der Waals surface area contributed by atoms with E-state index in [1.54, 1.807) is 41.1 Å². The zero-order chi connectivity index (χ0) is 27.1. The number of amides is 1. The number of hydrogen-bond acceptors (Lipinski definition) is 4. The van der Waals surface area contributed by atoms with Crippen molar-refractivity contribution < 1.29 is 19.1 Å². The first kappa shape index (κ1) is 27.1. The van der Waals surface area contributed by atoms with E-state index in [1.165, 1.54) is 12.1 Å². The van der Waals surface area contributed by atoms with Crippen LogP contribution in [0.5, 0.6) is 0 Å². The first-order valence-corrected chi connectivity index (χ1v) is 13.2. The number of aromatic nitrogens is 2. The standard InChI is InChI=1S/C30H30FN3O3S/c1-2-8-24-17-28(29(35)32-23(19-38)15-20-9-4-3-5-10-20)33-34(24)18-22-14-13-21(16-27(22)31)25-11-6-7-12-26(25)30(36)37/h3-7,9-14,16-17,23,38H,2,8,15,18-19H2,1H3,(H,32,35)(H,36,37). The molecule has 0 aliphatic carbocycles. The van der Waals surface area contributed by atoms with Crippen molar-refractivity contribution in [2.24, 2.45) is 0 Å². The summed E-state index contributed by atoms with van der Waals surface area (Å²) in [5.41, 5.74) is 3.65. The van der Waals surface area contributed by atoms with Crippen molar-refractivity contribution in [2.45, 2.75) is 38.8 Å². The van der Waals surface area contributed by atoms with Gasteiger partial charge in [-0.1, -0.05) is 74.0 Å². The average Bonchev–Trinajstić information content (AvgIpc) is 3.32. The fourth-order valence-electron chi connectivity index (χ4n) is 4.41. The van der Waals surface area contributed by atoms with Gasteiger partial charge in [0.1, 0.15) is 11.5 Å². The predicted octanol–water partition coefficient (Wildman–Crippen LogP) is 5.66. The Morgan fingerprint density at radius 1 is 1.05 bits per heavy atom. The number of nitrogens with one attached hydrogen (secondary N) is 1. The number of aryl methyl sites for hydroxylation is 1. The zero-order valence-corrected chi connectivity index (χ0v) is 22.0. The Morgan fingerprint density at radius 2 is 1.79 bits per heavy atom. The Hall–Kier alpha value is -3.91. The summed E-state index contributed by atoms with van der Waals surface area (Å²) in [5, 5.41) is 17.0. The number of benzene rings is 3. The van der Waals surface area contributed by atoms with Gasteiger partial charge in [-0.2, -0.15) is 17.7 Å². The van der Waals surface area contributed by atoms with E-state index in [2.05, 4.69) is 23.0 Å². The van der Waals surface area contributed by atoms with Gasteiger partial charge in [0, 0.05) is 23.1 Å². The highest BCUT2D eigenvalue weighted by atomic mass is 32.1. The molecule has 1 unspecified atom stereocenters. The van der Waals surface area contributed by atoms with Crippen molar-refractivity contribution in [3.8, 4) is 11.1 Å². The molecule has 4 rings (SSSR count). The molecule has 4 aromatic rings. The molecule has 196 valence electrons. The van der Waals surface area contributed by atoms with Crippen molar-refractivity contribution in [1.29, 1.82) is 0 Å². The molecule has 1 heterocycles. The number of carboxylic acid groups (broad SMARTS) is 1. The maximum atomic E-state index is 15.2. The van der Waals surface area contributed by atoms with E-state index in [0.29, 0.717) is 35.3 Å². The minimum atomic E-state index is -1.07. The lowest BCUT2D eigenvalue weighted by Gasteiger charge is -2.16. The Balaban J connectivity index is 1.54. The van der Waals surface area contributed by atoms with Crippen molar-refractivity contribution in [3.05, 3.63) is 113 Å². The Bertz CT molecular complexity index is 1420. The van der Waals surface area contributed by atoms with Crippen LogP contribution in [0.25, 0.3) is 11.1 Å². The summed E-state index contributed by atoms with van der Waals surface area (Å²) in [6, 6.07) is 22.7. The second kappa shape index (κ2) is 12.6. The predicted molar refractivity (Wildman–Crippen MR) is 149 cm³/mol. The number of thiol groups is 1. The average molecular weight is 532 g/mol. The summed E-state index contributed by atoms with van der Waals surface area (Å²) in [4.78, 5) is 24.6. The van der Waals surface area contributed by atoms with Crippen molar-refractivity contribution in [2.75, 3.05) is 5.75 Å². The summed E-state index contributed by atoms with van der Waals surface area (Å²) in [7, 11) is 0. The number of nitrogens with zero attached hydrogens (tertiary/aromatic N) is 2. The zero-order valence-electron chi connectivity index (χ0n) is 21.1. The lowest BCUT2D eigenvalue weighted by molar-refractivity contribution is 0.0697. The van der Waals surface area contributed by atoms with Crippen LogP contribution in [0, 0.1) is 5.82 Å². The summed E-state index contributed by atoms with van der Waals surface area (Å²) in [5.74, 6) is -1.35. The van der Waals surface area contributed by atoms with Crippen LogP contribution in [0.4, 0.5) is 4.39 Å². The van der Waals surface area contributed by atoms with Crippen molar-refractivity contribution >= 4 is 24.5 Å². The highest BCUT2D eigenvalue weighted by Gasteiger charge is 2.19. The molecule has 0 spiro atoms. The second-order valence-corrected chi connectivity index (χ2v) is 9.49. The van der Waals surface area contributed by atoms with Crippen molar-refractivity contribution in [1.82, 2.24) is 15.1 Å². The molecule has 0 aliphatic rings. The topological polar surface area (TPSA) is 84.2 Å². The van der Waals surface area contributed by atoms with E-state index in [1.807, 2.05) is 37.3 Å². The Morgan fingerprint density at radius 3 is 2.47 bits per heavy atom. The molecule has 0 saturated carbocycles. The van der Waals surface area contributed by atoms with Gasteiger partial charge >= 0.3 is 5.97 Å². The van der Waals surface area contributed by atoms with Gasteiger partial charge in [-0.05, 0) is 47.7 Å². The van der Waals surface area contributed by atoms with Crippen LogP contribution >= 0.6 is 12.6 Å². The van der Waals surface area contributed by atoms with Crippen LogP contribution in [0.3, 0.4) is 0 Å². The third-order valence-electron chi connectivity index (χ3n) is 6.32. The van der Waals surface area contributed by atoms with Gasteiger partial charge in [0.2, 0.25) is 0 Å². The van der Waals surface area contributed by atoms with E-state index in [9.17, 15) is 14.7 Å². The SMILES string of the molecule is CCCc1cc(C(=O)NC(CS)Cc2ccccc2)nn1Cc1ccc(-c2ccccc2C(=O)O)cc1F. The van der Waals surface area contributed by atoms with Crippen LogP contribution in [-0.4, -0.2) is 38.6 Å². The number of carbonyl (C=O) groups is 2. The smallest absolute Gasteiger partial charge is 0.336 e. The van der Waals surface area contributed by atoms with E-state index < -0.39 is 11.8 Å². The summed E-state index contributed by atoms with van der Waals surface area (Å²) < 4.78 is 16.8. The molecule has 2 N–H and O–H groups in total. The quantitative estimate of drug-likeness (QED) is 0.218. The van der Waals surface area contributed by atoms with E-state index in [-0.39, 0.29) is 29.8 Å². The molecular formula is C30H30FN3O3S. The molecule has 0 fully saturated rings. The van der Waals surface area contributed by atoms with Gasteiger partial charge < -0.3 is 10.4 Å². The monoisotopic (exact) mass is 531 g/mol. The molecule has 0 aliphatic heterocycles. The third kappa shape index (κ3) is 6.50. The van der Waals surface area contributed by atoms with Crippen LogP contribution in [0.2, 0.25) is 0 Å². The Labute approximate surface area is 226 Å². The lowest BCUT2D eigenvalue weighted by Crippen LogP contribution is -2.38. The minimum absolute atomic E-state index is 0.111.